The monoisotopic (exact) mass is 397 g/mol. The Kier molecular flexibility index (Phi) is 6.86. The third kappa shape index (κ3) is 5.01. The molecule has 3 rings (SSSR count). The van der Waals surface area contributed by atoms with Crippen LogP contribution in [0, 0.1) is 0 Å². The SMILES string of the molecule is CCCOc1cc(/C=N\Nc2nc(-c3ccc(OC)cc3)cs2)ccc1OC. The molecule has 0 aliphatic heterocycles. The van der Waals surface area contributed by atoms with Gasteiger partial charge >= 0.3 is 0 Å². The molecule has 0 radical (unpaired) electrons. The molecule has 0 saturated heterocycles. The smallest absolute Gasteiger partial charge is 0.203 e. The maximum Gasteiger partial charge on any atom is 0.203 e. The first-order valence-corrected chi connectivity index (χ1v) is 9.81. The molecule has 0 saturated carbocycles. The first-order chi connectivity index (χ1) is 13.7. The van der Waals surface area contributed by atoms with Crippen molar-refractivity contribution in [2.24, 2.45) is 5.10 Å². The number of aromatic nitrogens is 1. The quantitative estimate of drug-likeness (QED) is 0.404. The van der Waals surface area contributed by atoms with Crippen LogP contribution in [0.25, 0.3) is 11.3 Å². The van der Waals surface area contributed by atoms with Crippen LogP contribution in [0.4, 0.5) is 5.13 Å². The second-order valence-electron chi connectivity index (χ2n) is 5.90. The fourth-order valence-electron chi connectivity index (χ4n) is 2.48. The summed E-state index contributed by atoms with van der Waals surface area (Å²) >= 11 is 1.50. The molecule has 1 aromatic heterocycles. The zero-order valence-electron chi connectivity index (χ0n) is 16.1. The van der Waals surface area contributed by atoms with Crippen molar-refractivity contribution in [3.05, 3.63) is 53.4 Å². The summed E-state index contributed by atoms with van der Waals surface area (Å²) < 4.78 is 16.2. The van der Waals surface area contributed by atoms with Gasteiger partial charge in [-0.3, -0.25) is 5.43 Å². The molecular weight excluding hydrogens is 374 g/mol. The highest BCUT2D eigenvalue weighted by Gasteiger charge is 2.06. The number of ether oxygens (including phenoxy) is 3. The summed E-state index contributed by atoms with van der Waals surface area (Å²) in [5.74, 6) is 2.25. The van der Waals surface area contributed by atoms with Gasteiger partial charge in [-0.25, -0.2) is 4.98 Å². The Morgan fingerprint density at radius 3 is 2.61 bits per heavy atom. The molecule has 1 N–H and O–H groups in total. The van der Waals surface area contributed by atoms with Gasteiger partial charge in [0.25, 0.3) is 0 Å². The number of thiazole rings is 1. The van der Waals surface area contributed by atoms with Crippen LogP contribution in [-0.2, 0) is 0 Å². The zero-order chi connectivity index (χ0) is 19.8. The van der Waals surface area contributed by atoms with E-state index in [0.29, 0.717) is 18.1 Å². The van der Waals surface area contributed by atoms with Gasteiger partial charge in [0.1, 0.15) is 5.75 Å². The number of anilines is 1. The fraction of sp³-hybridized carbons (Fsp3) is 0.238. The van der Waals surface area contributed by atoms with E-state index in [4.69, 9.17) is 14.2 Å². The summed E-state index contributed by atoms with van der Waals surface area (Å²) in [6.07, 6.45) is 2.66. The van der Waals surface area contributed by atoms with Gasteiger partial charge in [0, 0.05) is 10.9 Å². The molecule has 0 amide bonds. The highest BCUT2D eigenvalue weighted by Crippen LogP contribution is 2.28. The van der Waals surface area contributed by atoms with Gasteiger partial charge < -0.3 is 14.2 Å². The van der Waals surface area contributed by atoms with Gasteiger partial charge in [-0.15, -0.1) is 11.3 Å². The molecule has 6 nitrogen and oxygen atoms in total. The van der Waals surface area contributed by atoms with Crippen molar-refractivity contribution in [1.82, 2.24) is 4.98 Å². The van der Waals surface area contributed by atoms with E-state index in [1.54, 1.807) is 20.4 Å². The summed E-state index contributed by atoms with van der Waals surface area (Å²) in [5.41, 5.74) is 5.81. The molecule has 0 spiro atoms. The van der Waals surface area contributed by atoms with Crippen molar-refractivity contribution in [3.8, 4) is 28.5 Å². The predicted molar refractivity (Wildman–Crippen MR) is 114 cm³/mol. The average Bonchev–Trinajstić information content (AvgIpc) is 3.21. The highest BCUT2D eigenvalue weighted by atomic mass is 32.1. The number of nitrogens with one attached hydrogen (secondary N) is 1. The first-order valence-electron chi connectivity index (χ1n) is 8.93. The lowest BCUT2D eigenvalue weighted by Crippen LogP contribution is -1.99. The van der Waals surface area contributed by atoms with E-state index >= 15 is 0 Å². The lowest BCUT2D eigenvalue weighted by atomic mass is 10.2. The maximum atomic E-state index is 5.72. The average molecular weight is 398 g/mol. The third-order valence-corrected chi connectivity index (χ3v) is 4.66. The van der Waals surface area contributed by atoms with E-state index in [1.807, 2.05) is 47.8 Å². The van der Waals surface area contributed by atoms with Gasteiger partial charge in [0.2, 0.25) is 5.13 Å². The number of hydrogen-bond acceptors (Lipinski definition) is 7. The molecule has 7 heteroatoms. The summed E-state index contributed by atoms with van der Waals surface area (Å²) in [4.78, 5) is 4.56. The first kappa shape index (κ1) is 19.7. The molecule has 0 atom stereocenters. The van der Waals surface area contributed by atoms with E-state index in [9.17, 15) is 0 Å². The van der Waals surface area contributed by atoms with E-state index in [1.165, 1.54) is 11.3 Å². The summed E-state index contributed by atoms with van der Waals surface area (Å²) in [7, 11) is 3.28. The molecule has 0 aliphatic carbocycles. The minimum absolute atomic E-state index is 0.641. The van der Waals surface area contributed by atoms with Crippen LogP contribution in [0.1, 0.15) is 18.9 Å². The summed E-state index contributed by atoms with van der Waals surface area (Å²) in [5, 5.41) is 6.99. The van der Waals surface area contributed by atoms with Crippen molar-refractivity contribution in [2.45, 2.75) is 13.3 Å². The van der Waals surface area contributed by atoms with Crippen LogP contribution in [-0.4, -0.2) is 32.0 Å². The second-order valence-corrected chi connectivity index (χ2v) is 6.75. The topological polar surface area (TPSA) is 65.0 Å². The molecule has 1 heterocycles. The molecule has 0 aliphatic rings. The molecule has 146 valence electrons. The highest BCUT2D eigenvalue weighted by molar-refractivity contribution is 7.14. The molecular formula is C21H23N3O3S. The van der Waals surface area contributed by atoms with Crippen LogP contribution >= 0.6 is 11.3 Å². The number of hydrazone groups is 1. The lowest BCUT2D eigenvalue weighted by Gasteiger charge is -2.10. The number of hydrogen-bond donors (Lipinski definition) is 1. The van der Waals surface area contributed by atoms with E-state index in [-0.39, 0.29) is 0 Å². The Morgan fingerprint density at radius 1 is 1.07 bits per heavy atom. The van der Waals surface area contributed by atoms with Gasteiger partial charge in [-0.05, 0) is 54.4 Å². The van der Waals surface area contributed by atoms with Crippen molar-refractivity contribution in [1.29, 1.82) is 0 Å². The van der Waals surface area contributed by atoms with Crippen LogP contribution < -0.4 is 19.6 Å². The van der Waals surface area contributed by atoms with E-state index < -0.39 is 0 Å². The maximum absolute atomic E-state index is 5.72. The Morgan fingerprint density at radius 2 is 1.89 bits per heavy atom. The second kappa shape index (κ2) is 9.75. The van der Waals surface area contributed by atoms with Gasteiger partial charge in [-0.2, -0.15) is 5.10 Å². The van der Waals surface area contributed by atoms with Gasteiger partial charge in [0.15, 0.2) is 11.5 Å². The third-order valence-electron chi connectivity index (χ3n) is 3.91. The predicted octanol–water partition coefficient (Wildman–Crippen LogP) is 5.06. The molecule has 3 aromatic rings. The Balaban J connectivity index is 1.65. The molecule has 2 aromatic carbocycles. The molecule has 28 heavy (non-hydrogen) atoms. The van der Waals surface area contributed by atoms with Crippen LogP contribution in [0.15, 0.2) is 52.9 Å². The fourth-order valence-corrected chi connectivity index (χ4v) is 3.15. The minimum atomic E-state index is 0.641. The van der Waals surface area contributed by atoms with Crippen molar-refractivity contribution in [2.75, 3.05) is 26.3 Å². The van der Waals surface area contributed by atoms with Crippen molar-refractivity contribution >= 4 is 22.7 Å². The molecule has 0 bridgehead atoms. The number of benzene rings is 2. The summed E-state index contributed by atoms with van der Waals surface area (Å²) in [6.45, 7) is 2.71. The van der Waals surface area contributed by atoms with Gasteiger partial charge in [0.05, 0.1) is 32.7 Å². The Labute approximate surface area is 168 Å². The number of nitrogens with zero attached hydrogens (tertiary/aromatic N) is 2. The number of rotatable bonds is 9. The number of methoxy groups -OCH3 is 2. The lowest BCUT2D eigenvalue weighted by molar-refractivity contribution is 0.294. The molecule has 0 unspecified atom stereocenters. The van der Waals surface area contributed by atoms with E-state index in [2.05, 4.69) is 22.4 Å². The van der Waals surface area contributed by atoms with E-state index in [0.717, 1.165) is 34.1 Å². The van der Waals surface area contributed by atoms with Gasteiger partial charge in [-0.1, -0.05) is 6.92 Å². The largest absolute Gasteiger partial charge is 0.497 e. The zero-order valence-corrected chi connectivity index (χ0v) is 17.0. The standard InChI is InChI=1S/C21H23N3O3S/c1-4-11-27-20-12-15(5-10-19(20)26-3)13-22-24-21-23-18(14-28-21)16-6-8-17(25-2)9-7-16/h5-10,12-14H,4,11H2,1-3H3,(H,23,24)/b22-13-. The van der Waals surface area contributed by atoms with Crippen molar-refractivity contribution in [3.63, 3.8) is 0 Å². The van der Waals surface area contributed by atoms with Crippen LogP contribution in [0.3, 0.4) is 0 Å². The summed E-state index contributed by atoms with van der Waals surface area (Å²) in [6, 6.07) is 13.5. The Bertz CT molecular complexity index is 923. The minimum Gasteiger partial charge on any atom is -0.497 e. The normalized spacial score (nSPS) is 10.8. The molecule has 0 fully saturated rings. The van der Waals surface area contributed by atoms with Crippen LogP contribution in [0.2, 0.25) is 0 Å². The van der Waals surface area contributed by atoms with Crippen LogP contribution in [0.5, 0.6) is 17.2 Å². The van der Waals surface area contributed by atoms with Crippen molar-refractivity contribution < 1.29 is 14.2 Å². The Hall–Kier alpha value is -3.06.